The summed E-state index contributed by atoms with van der Waals surface area (Å²) >= 11 is 0. The van der Waals surface area contributed by atoms with Crippen LogP contribution in [0.15, 0.2) is 0 Å². The maximum Gasteiger partial charge on any atom is 0.133 e. The molecule has 0 aliphatic heterocycles. The van der Waals surface area contributed by atoms with Gasteiger partial charge in [0.15, 0.2) is 0 Å². The van der Waals surface area contributed by atoms with Crippen LogP contribution < -0.4 is 0 Å². The molecule has 0 aromatic carbocycles. The molecule has 1 saturated carbocycles. The molecular formula is C10H15O4. The minimum Gasteiger partial charge on any atom is -0.303 e. The molecule has 1 aliphatic rings. The fourth-order valence-electron chi connectivity index (χ4n) is 2.34. The number of aldehydes is 1. The molecule has 0 aromatic rings. The molecule has 2 atom stereocenters. The Morgan fingerprint density at radius 3 is 2.43 bits per heavy atom. The van der Waals surface area contributed by atoms with Crippen molar-refractivity contribution >= 4 is 12.1 Å². The maximum atomic E-state index is 11.2. The summed E-state index contributed by atoms with van der Waals surface area (Å²) in [5.74, 6) is -0.120. The highest BCUT2D eigenvalue weighted by atomic mass is 17.1. The van der Waals surface area contributed by atoms with Crippen molar-refractivity contribution in [2.24, 2.45) is 11.3 Å². The summed E-state index contributed by atoms with van der Waals surface area (Å²) in [5.41, 5.74) is -1.52. The highest BCUT2D eigenvalue weighted by Gasteiger charge is 2.63. The summed E-state index contributed by atoms with van der Waals surface area (Å²) in [6.07, 6.45) is 1.10. The van der Waals surface area contributed by atoms with Crippen LogP contribution in [0.5, 0.6) is 0 Å². The van der Waals surface area contributed by atoms with Gasteiger partial charge in [-0.15, -0.1) is 0 Å². The van der Waals surface area contributed by atoms with Gasteiger partial charge in [0.05, 0.1) is 0 Å². The zero-order chi connectivity index (χ0) is 11.0. The van der Waals surface area contributed by atoms with E-state index < -0.39 is 11.0 Å². The maximum absolute atomic E-state index is 11.2. The second-order valence-electron chi connectivity index (χ2n) is 4.54. The standard InChI is InChI=1S/C10H15O4/c1-7(12)8-6-10(14-13,4-5-11)9(8,2)3/h5,8H,4,6H2,1-3H3. The molecule has 0 heterocycles. The van der Waals surface area contributed by atoms with Crippen LogP contribution in [0.2, 0.25) is 0 Å². The molecule has 4 nitrogen and oxygen atoms in total. The largest absolute Gasteiger partial charge is 0.303 e. The van der Waals surface area contributed by atoms with Crippen molar-refractivity contribution in [3.8, 4) is 0 Å². The normalized spacial score (nSPS) is 34.7. The molecule has 1 aliphatic carbocycles. The summed E-state index contributed by atoms with van der Waals surface area (Å²) < 4.78 is 0. The Kier molecular flexibility index (Phi) is 2.78. The highest BCUT2D eigenvalue weighted by molar-refractivity contribution is 5.81. The van der Waals surface area contributed by atoms with Crippen molar-refractivity contribution < 1.29 is 19.7 Å². The average molecular weight is 199 g/mol. The third kappa shape index (κ3) is 1.29. The van der Waals surface area contributed by atoms with Crippen LogP contribution in [0.1, 0.15) is 33.6 Å². The Morgan fingerprint density at radius 1 is 1.57 bits per heavy atom. The molecule has 4 heteroatoms. The molecule has 1 fully saturated rings. The molecule has 2 unspecified atom stereocenters. The van der Waals surface area contributed by atoms with Gasteiger partial charge in [0, 0.05) is 17.8 Å². The van der Waals surface area contributed by atoms with Gasteiger partial charge in [-0.2, -0.15) is 4.89 Å². The van der Waals surface area contributed by atoms with E-state index in [1.807, 2.05) is 0 Å². The molecule has 1 rings (SSSR count). The SMILES string of the molecule is CC(=O)C1CC(CC=O)(O[O])C1(C)C. The quantitative estimate of drug-likeness (QED) is 0.389. The number of Topliss-reactive ketones (excluding diaryl/α,β-unsaturated/α-hetero) is 1. The van der Waals surface area contributed by atoms with Gasteiger partial charge in [-0.3, -0.25) is 4.79 Å². The number of carbonyl (C=O) groups excluding carboxylic acids is 2. The van der Waals surface area contributed by atoms with Gasteiger partial charge < -0.3 is 4.79 Å². The molecule has 0 amide bonds. The van der Waals surface area contributed by atoms with Crippen molar-refractivity contribution in [3.63, 3.8) is 0 Å². The van der Waals surface area contributed by atoms with Crippen molar-refractivity contribution in [2.75, 3.05) is 0 Å². The molecule has 0 spiro atoms. The van der Waals surface area contributed by atoms with Crippen molar-refractivity contribution in [1.82, 2.24) is 0 Å². The van der Waals surface area contributed by atoms with Crippen molar-refractivity contribution in [2.45, 2.75) is 39.2 Å². The van der Waals surface area contributed by atoms with E-state index in [9.17, 15) is 14.8 Å². The van der Waals surface area contributed by atoms with Crippen LogP contribution in [0.4, 0.5) is 0 Å². The third-order valence-electron chi connectivity index (χ3n) is 3.64. The Morgan fingerprint density at radius 2 is 2.14 bits per heavy atom. The lowest BCUT2D eigenvalue weighted by Crippen LogP contribution is -2.63. The number of ketones is 1. The molecule has 0 aromatic heterocycles. The Bertz CT molecular complexity index is 259. The lowest BCUT2D eigenvalue weighted by Gasteiger charge is -2.57. The van der Waals surface area contributed by atoms with Crippen LogP contribution >= 0.6 is 0 Å². The highest BCUT2D eigenvalue weighted by Crippen LogP contribution is 2.57. The van der Waals surface area contributed by atoms with Crippen molar-refractivity contribution in [3.05, 3.63) is 0 Å². The van der Waals surface area contributed by atoms with Gasteiger partial charge in [-0.25, -0.2) is 0 Å². The van der Waals surface area contributed by atoms with Gasteiger partial charge in [0.1, 0.15) is 17.7 Å². The summed E-state index contributed by atoms with van der Waals surface area (Å²) in [6.45, 7) is 5.09. The van der Waals surface area contributed by atoms with Gasteiger partial charge >= 0.3 is 0 Å². The summed E-state index contributed by atoms with van der Waals surface area (Å²) in [4.78, 5) is 25.8. The predicted molar refractivity (Wildman–Crippen MR) is 47.8 cm³/mol. The minimum atomic E-state index is -0.981. The van der Waals surface area contributed by atoms with Gasteiger partial charge in [0.25, 0.3) is 0 Å². The van der Waals surface area contributed by atoms with E-state index in [1.165, 1.54) is 6.92 Å². The van der Waals surface area contributed by atoms with Crippen LogP contribution in [0.25, 0.3) is 0 Å². The Hall–Kier alpha value is -0.740. The second-order valence-corrected chi connectivity index (χ2v) is 4.54. The summed E-state index contributed by atoms with van der Waals surface area (Å²) in [6, 6.07) is 0. The van der Waals surface area contributed by atoms with E-state index in [0.29, 0.717) is 12.7 Å². The van der Waals surface area contributed by atoms with E-state index in [0.717, 1.165) is 0 Å². The topological polar surface area (TPSA) is 63.3 Å². The first-order chi connectivity index (χ1) is 6.41. The number of carbonyl (C=O) groups is 2. The molecule has 0 saturated heterocycles. The second kappa shape index (κ2) is 3.44. The number of rotatable bonds is 4. The van der Waals surface area contributed by atoms with Crippen molar-refractivity contribution in [1.29, 1.82) is 0 Å². The summed E-state index contributed by atoms with van der Waals surface area (Å²) in [7, 11) is 0. The molecule has 14 heavy (non-hydrogen) atoms. The minimum absolute atomic E-state index is 0.0496. The van der Waals surface area contributed by atoms with E-state index in [-0.39, 0.29) is 18.1 Å². The molecule has 0 N–H and O–H groups in total. The van der Waals surface area contributed by atoms with E-state index >= 15 is 0 Å². The van der Waals surface area contributed by atoms with E-state index in [4.69, 9.17) is 0 Å². The third-order valence-corrected chi connectivity index (χ3v) is 3.64. The molecule has 79 valence electrons. The average Bonchev–Trinajstić information content (AvgIpc) is 2.10. The lowest BCUT2D eigenvalue weighted by atomic mass is 9.49. The molecular weight excluding hydrogens is 184 g/mol. The fraction of sp³-hybridized carbons (Fsp3) is 0.800. The number of hydrogen-bond acceptors (Lipinski definition) is 3. The van der Waals surface area contributed by atoms with E-state index in [2.05, 4.69) is 4.89 Å². The first-order valence-corrected chi connectivity index (χ1v) is 4.66. The lowest BCUT2D eigenvalue weighted by molar-refractivity contribution is -0.426. The van der Waals surface area contributed by atoms with E-state index in [1.54, 1.807) is 13.8 Å². The Labute approximate surface area is 83.2 Å². The monoisotopic (exact) mass is 199 g/mol. The Balaban J connectivity index is 2.86. The fourth-order valence-corrected chi connectivity index (χ4v) is 2.34. The first-order valence-electron chi connectivity index (χ1n) is 4.66. The van der Waals surface area contributed by atoms with Crippen LogP contribution in [0.3, 0.4) is 0 Å². The van der Waals surface area contributed by atoms with Crippen LogP contribution in [0, 0.1) is 11.3 Å². The smallest absolute Gasteiger partial charge is 0.133 e. The van der Waals surface area contributed by atoms with Crippen LogP contribution in [-0.4, -0.2) is 17.7 Å². The summed E-state index contributed by atoms with van der Waals surface area (Å²) in [5, 5.41) is 10.6. The first kappa shape index (κ1) is 11.3. The zero-order valence-corrected chi connectivity index (χ0v) is 8.70. The van der Waals surface area contributed by atoms with Gasteiger partial charge in [-0.05, 0) is 18.6 Å². The van der Waals surface area contributed by atoms with Gasteiger partial charge in [-0.1, -0.05) is 13.8 Å². The van der Waals surface area contributed by atoms with Gasteiger partial charge in [0.2, 0.25) is 0 Å². The number of hydrogen-bond donors (Lipinski definition) is 0. The predicted octanol–water partition coefficient (Wildman–Crippen LogP) is 1.31. The molecule has 0 bridgehead atoms. The molecule has 1 radical (unpaired) electrons. The zero-order valence-electron chi connectivity index (χ0n) is 8.70. The van der Waals surface area contributed by atoms with Crippen LogP contribution in [-0.2, 0) is 19.7 Å².